The van der Waals surface area contributed by atoms with E-state index >= 15 is 0 Å². The van der Waals surface area contributed by atoms with Crippen molar-refractivity contribution in [3.8, 4) is 5.75 Å². The summed E-state index contributed by atoms with van der Waals surface area (Å²) < 4.78 is 5.26. The van der Waals surface area contributed by atoms with E-state index in [4.69, 9.17) is 17.0 Å². The highest BCUT2D eigenvalue weighted by Gasteiger charge is 2.32. The van der Waals surface area contributed by atoms with Crippen molar-refractivity contribution >= 4 is 29.3 Å². The van der Waals surface area contributed by atoms with Gasteiger partial charge in [-0.15, -0.1) is 0 Å². The lowest BCUT2D eigenvalue weighted by atomic mass is 10.1. The average molecular weight is 262 g/mol. The molecule has 1 saturated heterocycles. The predicted molar refractivity (Wildman–Crippen MR) is 74.1 cm³/mol. The summed E-state index contributed by atoms with van der Waals surface area (Å²) in [6, 6.07) is 7.54. The Hall–Kier alpha value is -1.88. The first kappa shape index (κ1) is 12.6. The van der Waals surface area contributed by atoms with E-state index in [0.717, 1.165) is 11.3 Å². The van der Waals surface area contributed by atoms with Gasteiger partial charge in [0.2, 0.25) is 0 Å². The average Bonchev–Trinajstić information content (AvgIpc) is 2.57. The van der Waals surface area contributed by atoms with Gasteiger partial charge >= 0.3 is 0 Å². The Kier molecular flexibility index (Phi) is 3.34. The lowest BCUT2D eigenvalue weighted by Crippen LogP contribution is -2.26. The lowest BCUT2D eigenvalue weighted by Gasteiger charge is -2.11. The van der Waals surface area contributed by atoms with Crippen LogP contribution >= 0.6 is 12.2 Å². The Balaban J connectivity index is 2.45. The SMILES string of the molecule is COc1ccccc1/C=C1/C(=O)N(C)C(=S)N1C. The van der Waals surface area contributed by atoms with Crippen molar-refractivity contribution in [3.63, 3.8) is 0 Å². The van der Waals surface area contributed by atoms with Crippen molar-refractivity contribution in [1.82, 2.24) is 9.80 Å². The van der Waals surface area contributed by atoms with E-state index in [-0.39, 0.29) is 5.91 Å². The highest BCUT2D eigenvalue weighted by Crippen LogP contribution is 2.25. The Morgan fingerprint density at radius 2 is 1.89 bits per heavy atom. The first-order valence-corrected chi connectivity index (χ1v) is 5.87. The van der Waals surface area contributed by atoms with E-state index in [2.05, 4.69) is 0 Å². The van der Waals surface area contributed by atoms with Crippen LogP contribution in [0.1, 0.15) is 5.56 Å². The normalized spacial score (nSPS) is 17.8. The van der Waals surface area contributed by atoms with Crippen LogP contribution in [0.25, 0.3) is 6.08 Å². The third-order valence-corrected chi connectivity index (χ3v) is 3.44. The molecule has 0 bridgehead atoms. The fourth-order valence-electron chi connectivity index (χ4n) is 1.82. The quantitative estimate of drug-likeness (QED) is 0.600. The molecule has 1 fully saturated rings. The van der Waals surface area contributed by atoms with Crippen LogP contribution in [0.15, 0.2) is 30.0 Å². The fraction of sp³-hybridized carbons (Fsp3) is 0.231. The minimum Gasteiger partial charge on any atom is -0.496 e. The molecule has 5 heteroatoms. The summed E-state index contributed by atoms with van der Waals surface area (Å²) in [6.45, 7) is 0. The first-order valence-electron chi connectivity index (χ1n) is 5.46. The number of ether oxygens (including phenoxy) is 1. The van der Waals surface area contributed by atoms with Gasteiger partial charge in [0.05, 0.1) is 7.11 Å². The van der Waals surface area contributed by atoms with Crippen LogP contribution in [0, 0.1) is 0 Å². The monoisotopic (exact) mass is 262 g/mol. The van der Waals surface area contributed by atoms with E-state index < -0.39 is 0 Å². The molecular weight excluding hydrogens is 248 g/mol. The largest absolute Gasteiger partial charge is 0.496 e. The molecule has 2 rings (SSSR count). The molecule has 94 valence electrons. The molecule has 18 heavy (non-hydrogen) atoms. The summed E-state index contributed by atoms with van der Waals surface area (Å²) in [5.41, 5.74) is 1.40. The van der Waals surface area contributed by atoms with Gasteiger partial charge in [-0.1, -0.05) is 18.2 Å². The molecule has 0 saturated carbocycles. The fourth-order valence-corrected chi connectivity index (χ4v) is 2.00. The molecule has 0 radical (unpaired) electrons. The van der Waals surface area contributed by atoms with E-state index in [1.807, 2.05) is 24.3 Å². The standard InChI is InChI=1S/C13H14N2O2S/c1-14-10(12(16)15(2)13(14)18)8-9-6-4-5-7-11(9)17-3/h4-8H,1-3H3/b10-8-. The molecule has 0 atom stereocenters. The minimum absolute atomic E-state index is 0.103. The molecule has 1 aliphatic rings. The number of methoxy groups -OCH3 is 1. The van der Waals surface area contributed by atoms with Crippen LogP contribution in [0.3, 0.4) is 0 Å². The summed E-state index contributed by atoms with van der Waals surface area (Å²) in [6.07, 6.45) is 1.79. The zero-order valence-electron chi connectivity index (χ0n) is 10.5. The second-order valence-corrected chi connectivity index (χ2v) is 4.34. The maximum atomic E-state index is 12.0. The van der Waals surface area contributed by atoms with Gasteiger partial charge in [-0.2, -0.15) is 0 Å². The van der Waals surface area contributed by atoms with E-state index in [0.29, 0.717) is 10.8 Å². The van der Waals surface area contributed by atoms with Crippen molar-refractivity contribution in [2.45, 2.75) is 0 Å². The van der Waals surface area contributed by atoms with Crippen LogP contribution in [0.5, 0.6) is 5.75 Å². The van der Waals surface area contributed by atoms with Gasteiger partial charge in [-0.05, 0) is 24.4 Å². The number of hydrogen-bond acceptors (Lipinski definition) is 3. The van der Waals surface area contributed by atoms with Crippen molar-refractivity contribution in [1.29, 1.82) is 0 Å². The third kappa shape index (κ3) is 1.97. The highest BCUT2D eigenvalue weighted by molar-refractivity contribution is 7.80. The Morgan fingerprint density at radius 1 is 1.22 bits per heavy atom. The number of likely N-dealkylation sites (N-methyl/N-ethyl adjacent to an activating group) is 2. The summed E-state index contributed by atoms with van der Waals surface area (Å²) in [5.74, 6) is 0.625. The molecule has 0 spiro atoms. The van der Waals surface area contributed by atoms with Crippen LogP contribution in [0.2, 0.25) is 0 Å². The second-order valence-electron chi connectivity index (χ2n) is 3.98. The molecule has 0 aliphatic carbocycles. The number of thiocarbonyl (C=S) groups is 1. The number of benzene rings is 1. The molecule has 1 amide bonds. The van der Waals surface area contributed by atoms with E-state index in [9.17, 15) is 4.79 Å². The van der Waals surface area contributed by atoms with Gasteiger partial charge < -0.3 is 9.64 Å². The molecule has 0 unspecified atom stereocenters. The summed E-state index contributed by atoms with van der Waals surface area (Å²) in [5, 5.41) is 0.501. The minimum atomic E-state index is -0.103. The van der Waals surface area contributed by atoms with E-state index in [1.54, 1.807) is 32.2 Å². The second kappa shape index (κ2) is 4.78. The van der Waals surface area contributed by atoms with Gasteiger partial charge in [0.15, 0.2) is 5.11 Å². The van der Waals surface area contributed by atoms with Crippen LogP contribution in [-0.2, 0) is 4.79 Å². The van der Waals surface area contributed by atoms with Gasteiger partial charge in [-0.25, -0.2) is 0 Å². The molecule has 1 aliphatic heterocycles. The molecule has 1 heterocycles. The van der Waals surface area contributed by atoms with Crippen molar-refractivity contribution < 1.29 is 9.53 Å². The summed E-state index contributed by atoms with van der Waals surface area (Å²) in [4.78, 5) is 15.2. The molecule has 0 N–H and O–H groups in total. The predicted octanol–water partition coefficient (Wildman–Crippen LogP) is 1.72. The van der Waals surface area contributed by atoms with E-state index in [1.165, 1.54) is 4.90 Å². The number of carbonyl (C=O) groups excluding carboxylic acids is 1. The number of amides is 1. The number of rotatable bonds is 2. The van der Waals surface area contributed by atoms with Crippen molar-refractivity contribution in [3.05, 3.63) is 35.5 Å². The molecule has 0 aromatic heterocycles. The molecule has 1 aromatic rings. The topological polar surface area (TPSA) is 32.8 Å². The van der Waals surface area contributed by atoms with Crippen LogP contribution in [0.4, 0.5) is 0 Å². The number of carbonyl (C=O) groups is 1. The van der Waals surface area contributed by atoms with Gasteiger partial charge in [0, 0.05) is 19.7 Å². The van der Waals surface area contributed by atoms with Gasteiger partial charge in [0.1, 0.15) is 11.4 Å². The molecule has 4 nitrogen and oxygen atoms in total. The summed E-state index contributed by atoms with van der Waals surface area (Å²) >= 11 is 5.15. The maximum absolute atomic E-state index is 12.0. The van der Waals surface area contributed by atoms with Crippen molar-refractivity contribution in [2.75, 3.05) is 21.2 Å². The van der Waals surface area contributed by atoms with Crippen LogP contribution in [-0.4, -0.2) is 42.0 Å². The van der Waals surface area contributed by atoms with Gasteiger partial charge in [0.25, 0.3) is 5.91 Å². The lowest BCUT2D eigenvalue weighted by molar-refractivity contribution is -0.121. The Morgan fingerprint density at radius 3 is 2.44 bits per heavy atom. The Labute approximate surface area is 111 Å². The van der Waals surface area contributed by atoms with Crippen LogP contribution < -0.4 is 4.74 Å². The highest BCUT2D eigenvalue weighted by atomic mass is 32.1. The zero-order chi connectivity index (χ0) is 13.3. The zero-order valence-corrected chi connectivity index (χ0v) is 11.3. The molecule has 1 aromatic carbocycles. The number of nitrogens with zero attached hydrogens (tertiary/aromatic N) is 2. The smallest absolute Gasteiger partial charge is 0.276 e. The number of hydrogen-bond donors (Lipinski definition) is 0. The number of para-hydroxylation sites is 1. The third-order valence-electron chi connectivity index (χ3n) is 2.89. The first-order chi connectivity index (χ1) is 8.56. The molecular formula is C13H14N2O2S. The maximum Gasteiger partial charge on any atom is 0.276 e. The van der Waals surface area contributed by atoms with Crippen molar-refractivity contribution in [2.24, 2.45) is 0 Å². The summed E-state index contributed by atoms with van der Waals surface area (Å²) in [7, 11) is 5.06. The Bertz CT molecular complexity index is 540. The van der Waals surface area contributed by atoms with Gasteiger partial charge in [-0.3, -0.25) is 9.69 Å².